The lowest BCUT2D eigenvalue weighted by atomic mass is 9.46. The first-order chi connectivity index (χ1) is 9.53. The van der Waals surface area contributed by atoms with Crippen molar-refractivity contribution in [2.24, 2.45) is 34.5 Å². The Morgan fingerprint density at radius 3 is 2.80 bits per heavy atom. The molecule has 0 spiro atoms. The van der Waals surface area contributed by atoms with Crippen molar-refractivity contribution in [3.8, 4) is 0 Å². The van der Waals surface area contributed by atoms with Gasteiger partial charge in [-0.2, -0.15) is 0 Å². The molecule has 20 heavy (non-hydrogen) atoms. The van der Waals surface area contributed by atoms with E-state index in [9.17, 15) is 5.11 Å². The van der Waals surface area contributed by atoms with Crippen LogP contribution in [-0.2, 0) is 0 Å². The molecular formula is C19H28O. The maximum absolute atomic E-state index is 9.95. The van der Waals surface area contributed by atoms with Gasteiger partial charge >= 0.3 is 0 Å². The highest BCUT2D eigenvalue weighted by Crippen LogP contribution is 2.63. The number of allylic oxidation sites excluding steroid dienone is 3. The van der Waals surface area contributed by atoms with Crippen LogP contribution in [0.2, 0.25) is 0 Å². The van der Waals surface area contributed by atoms with Gasteiger partial charge in [-0.3, -0.25) is 0 Å². The van der Waals surface area contributed by atoms with Crippen molar-refractivity contribution in [3.63, 3.8) is 0 Å². The fourth-order valence-corrected chi connectivity index (χ4v) is 6.21. The fourth-order valence-electron chi connectivity index (χ4n) is 6.21. The first kappa shape index (κ1) is 13.1. The van der Waals surface area contributed by atoms with E-state index in [1.165, 1.54) is 32.1 Å². The molecule has 2 saturated carbocycles. The first-order valence-electron chi connectivity index (χ1n) is 8.57. The molecule has 1 N–H and O–H groups in total. The van der Waals surface area contributed by atoms with Crippen LogP contribution in [0.25, 0.3) is 0 Å². The lowest BCUT2D eigenvalue weighted by Crippen LogP contribution is -2.51. The van der Waals surface area contributed by atoms with E-state index in [-0.39, 0.29) is 6.10 Å². The van der Waals surface area contributed by atoms with Gasteiger partial charge in [0, 0.05) is 0 Å². The van der Waals surface area contributed by atoms with Gasteiger partial charge in [0.15, 0.2) is 0 Å². The summed E-state index contributed by atoms with van der Waals surface area (Å²) >= 11 is 0. The summed E-state index contributed by atoms with van der Waals surface area (Å²) in [6, 6.07) is 0. The van der Waals surface area contributed by atoms with E-state index < -0.39 is 0 Å². The largest absolute Gasteiger partial charge is 0.389 e. The van der Waals surface area contributed by atoms with Crippen molar-refractivity contribution in [2.75, 3.05) is 0 Å². The quantitative estimate of drug-likeness (QED) is 0.651. The van der Waals surface area contributed by atoms with Crippen LogP contribution >= 0.6 is 0 Å². The zero-order valence-electron chi connectivity index (χ0n) is 12.9. The molecular weight excluding hydrogens is 244 g/mol. The molecule has 0 bridgehead atoms. The van der Waals surface area contributed by atoms with Gasteiger partial charge < -0.3 is 5.11 Å². The third-order valence-electron chi connectivity index (χ3n) is 7.47. The molecule has 1 nitrogen and oxygen atoms in total. The lowest BCUT2D eigenvalue weighted by Gasteiger charge is -2.58. The van der Waals surface area contributed by atoms with Gasteiger partial charge in [0.25, 0.3) is 0 Å². The summed E-state index contributed by atoms with van der Waals surface area (Å²) in [6.45, 7) is 5.00. The minimum Gasteiger partial charge on any atom is -0.389 e. The zero-order valence-corrected chi connectivity index (χ0v) is 12.9. The molecule has 1 heteroatoms. The van der Waals surface area contributed by atoms with Crippen LogP contribution in [0.3, 0.4) is 0 Å². The number of hydrogen-bond donors (Lipinski definition) is 1. The number of rotatable bonds is 0. The van der Waals surface area contributed by atoms with E-state index in [4.69, 9.17) is 0 Å². The van der Waals surface area contributed by atoms with Crippen molar-refractivity contribution < 1.29 is 5.11 Å². The summed E-state index contributed by atoms with van der Waals surface area (Å²) in [5, 5.41) is 9.95. The minimum atomic E-state index is -0.190. The summed E-state index contributed by atoms with van der Waals surface area (Å²) in [5.41, 5.74) is 0.905. The van der Waals surface area contributed by atoms with Gasteiger partial charge in [-0.15, -0.1) is 0 Å². The second-order valence-corrected chi connectivity index (χ2v) is 8.42. The SMILES string of the molecule is C[C@@]12CC=C[C@H]1[C@@H]1CC[C@@H]3CC(O)C=C[C@]3(C)[C@H]1CC2. The van der Waals surface area contributed by atoms with Crippen LogP contribution in [-0.4, -0.2) is 11.2 Å². The van der Waals surface area contributed by atoms with Gasteiger partial charge in [-0.25, -0.2) is 0 Å². The van der Waals surface area contributed by atoms with E-state index in [1.807, 2.05) is 0 Å². The second kappa shape index (κ2) is 4.22. The van der Waals surface area contributed by atoms with E-state index in [1.54, 1.807) is 0 Å². The van der Waals surface area contributed by atoms with Gasteiger partial charge in [0.05, 0.1) is 6.10 Å². The molecule has 0 saturated heterocycles. The smallest absolute Gasteiger partial charge is 0.0724 e. The van der Waals surface area contributed by atoms with Crippen LogP contribution in [0.4, 0.5) is 0 Å². The Morgan fingerprint density at radius 2 is 1.95 bits per heavy atom. The van der Waals surface area contributed by atoms with Gasteiger partial charge in [0.1, 0.15) is 0 Å². The third-order valence-corrected chi connectivity index (χ3v) is 7.47. The summed E-state index contributed by atoms with van der Waals surface area (Å²) in [7, 11) is 0. The van der Waals surface area contributed by atoms with Crippen LogP contribution in [0.1, 0.15) is 52.4 Å². The maximum Gasteiger partial charge on any atom is 0.0724 e. The van der Waals surface area contributed by atoms with E-state index in [2.05, 4.69) is 38.2 Å². The van der Waals surface area contributed by atoms with Gasteiger partial charge in [0.2, 0.25) is 0 Å². The first-order valence-corrected chi connectivity index (χ1v) is 8.57. The third kappa shape index (κ3) is 1.65. The van der Waals surface area contributed by atoms with Crippen molar-refractivity contribution in [2.45, 2.75) is 58.5 Å². The molecule has 110 valence electrons. The van der Waals surface area contributed by atoms with Crippen LogP contribution in [0, 0.1) is 34.5 Å². The predicted octanol–water partition coefficient (Wildman–Crippen LogP) is 4.33. The molecule has 0 aliphatic heterocycles. The summed E-state index contributed by atoms with van der Waals surface area (Å²) < 4.78 is 0. The van der Waals surface area contributed by atoms with Crippen LogP contribution in [0.15, 0.2) is 24.3 Å². The van der Waals surface area contributed by atoms with Crippen LogP contribution < -0.4 is 0 Å². The van der Waals surface area contributed by atoms with Crippen molar-refractivity contribution in [1.29, 1.82) is 0 Å². The van der Waals surface area contributed by atoms with Crippen molar-refractivity contribution in [3.05, 3.63) is 24.3 Å². The standard InChI is InChI=1S/C19H28O/c1-18-9-3-4-16(18)15-6-5-13-12-14(20)7-11-19(13,2)17(15)8-10-18/h3-4,7,11,13-17,20H,5-6,8-10,12H2,1-2H3/t13-,14?,15+,16+,17+,18+,19+/m1/s1. The average Bonchev–Trinajstić information content (AvgIpc) is 2.81. The molecule has 7 atom stereocenters. The molecule has 0 radical (unpaired) electrons. The van der Waals surface area contributed by atoms with E-state index in [0.717, 1.165) is 24.2 Å². The molecule has 0 aromatic rings. The molecule has 1 unspecified atom stereocenters. The molecule has 4 rings (SSSR count). The number of fused-ring (bicyclic) bond motifs is 5. The molecule has 0 aromatic carbocycles. The summed E-state index contributed by atoms with van der Waals surface area (Å²) in [5.74, 6) is 3.25. The Morgan fingerprint density at radius 1 is 1.10 bits per heavy atom. The lowest BCUT2D eigenvalue weighted by molar-refractivity contribution is -0.0672. The molecule has 4 aliphatic rings. The Bertz CT molecular complexity index is 464. The topological polar surface area (TPSA) is 20.2 Å². The van der Waals surface area contributed by atoms with Gasteiger partial charge in [-0.1, -0.05) is 38.2 Å². The molecule has 2 fully saturated rings. The molecule has 0 aromatic heterocycles. The van der Waals surface area contributed by atoms with Crippen LogP contribution in [0.5, 0.6) is 0 Å². The highest BCUT2D eigenvalue weighted by Gasteiger charge is 2.55. The average molecular weight is 272 g/mol. The summed E-state index contributed by atoms with van der Waals surface area (Å²) in [4.78, 5) is 0. The maximum atomic E-state index is 9.95. The van der Waals surface area contributed by atoms with Gasteiger partial charge in [-0.05, 0) is 73.0 Å². The number of aliphatic hydroxyl groups is 1. The molecule has 0 heterocycles. The highest BCUT2D eigenvalue weighted by atomic mass is 16.3. The summed E-state index contributed by atoms with van der Waals surface area (Å²) in [6.07, 6.45) is 17.1. The predicted molar refractivity (Wildman–Crippen MR) is 82.2 cm³/mol. The molecule has 0 amide bonds. The number of hydrogen-bond acceptors (Lipinski definition) is 1. The fraction of sp³-hybridized carbons (Fsp3) is 0.789. The second-order valence-electron chi connectivity index (χ2n) is 8.42. The Kier molecular flexibility index (Phi) is 2.77. The minimum absolute atomic E-state index is 0.190. The van der Waals surface area contributed by atoms with E-state index in [0.29, 0.717) is 16.7 Å². The Balaban J connectivity index is 1.68. The Hall–Kier alpha value is -0.560. The number of aliphatic hydroxyl groups excluding tert-OH is 1. The van der Waals surface area contributed by atoms with Crippen molar-refractivity contribution in [1.82, 2.24) is 0 Å². The monoisotopic (exact) mass is 272 g/mol. The zero-order chi connectivity index (χ0) is 14.0. The Labute approximate surface area is 123 Å². The van der Waals surface area contributed by atoms with E-state index >= 15 is 0 Å². The molecule has 4 aliphatic carbocycles. The van der Waals surface area contributed by atoms with Crippen molar-refractivity contribution >= 4 is 0 Å². The normalized spacial score (nSPS) is 57.0. The highest BCUT2D eigenvalue weighted by molar-refractivity contribution is 5.20.